The van der Waals surface area contributed by atoms with E-state index in [0.717, 1.165) is 18.2 Å². The summed E-state index contributed by atoms with van der Waals surface area (Å²) >= 11 is 5.65. The van der Waals surface area contributed by atoms with Gasteiger partial charge in [-0.3, -0.25) is 0 Å². The van der Waals surface area contributed by atoms with Crippen LogP contribution in [0.25, 0.3) is 0 Å². The molecule has 0 fully saturated rings. The highest BCUT2D eigenvalue weighted by molar-refractivity contribution is 7.90. The van der Waals surface area contributed by atoms with Gasteiger partial charge < -0.3 is 9.84 Å². The van der Waals surface area contributed by atoms with E-state index in [2.05, 4.69) is 0 Å². The second-order valence-electron chi connectivity index (χ2n) is 5.05. The molecule has 1 aromatic rings. The van der Waals surface area contributed by atoms with Crippen molar-refractivity contribution in [2.75, 3.05) is 0 Å². The highest BCUT2D eigenvalue weighted by Gasteiger charge is 2.24. The van der Waals surface area contributed by atoms with Gasteiger partial charge >= 0.3 is 12.1 Å². The second-order valence-corrected chi connectivity index (χ2v) is 7.14. The first kappa shape index (κ1) is 17.3. The maximum absolute atomic E-state index is 12.0. The minimum atomic E-state index is -4.25. The molecule has 0 aliphatic rings. The fourth-order valence-electron chi connectivity index (χ4n) is 1.30. The quantitative estimate of drug-likeness (QED) is 0.876. The standard InChI is InChI=1S/C12H14ClNO6S/c1-12(2,3)20-11(17)14-21(18,19)7-4-5-9(13)8(6-7)10(15)16/h4-6H,1-3H3,(H,14,17)(H,15,16). The van der Waals surface area contributed by atoms with Crippen LogP contribution in [0.4, 0.5) is 4.79 Å². The lowest BCUT2D eigenvalue weighted by molar-refractivity contribution is 0.0569. The van der Waals surface area contributed by atoms with Crippen LogP contribution >= 0.6 is 11.6 Å². The van der Waals surface area contributed by atoms with Gasteiger partial charge in [-0.15, -0.1) is 0 Å². The van der Waals surface area contributed by atoms with E-state index in [1.54, 1.807) is 25.5 Å². The van der Waals surface area contributed by atoms with Gasteiger partial charge in [0.2, 0.25) is 0 Å². The van der Waals surface area contributed by atoms with E-state index in [1.165, 1.54) is 0 Å². The van der Waals surface area contributed by atoms with Crippen LogP contribution < -0.4 is 4.72 Å². The molecule has 0 heterocycles. The lowest BCUT2D eigenvalue weighted by Gasteiger charge is -2.19. The van der Waals surface area contributed by atoms with Gasteiger partial charge in [0.25, 0.3) is 10.0 Å². The Morgan fingerprint density at radius 1 is 1.29 bits per heavy atom. The Kier molecular flexibility index (Phi) is 4.85. The number of carboxylic acid groups (broad SMARTS) is 1. The van der Waals surface area contributed by atoms with Crippen molar-refractivity contribution in [1.82, 2.24) is 4.72 Å². The first-order chi connectivity index (χ1) is 9.42. The maximum atomic E-state index is 12.0. The molecular formula is C12H14ClNO6S. The highest BCUT2D eigenvalue weighted by Crippen LogP contribution is 2.20. The van der Waals surface area contributed by atoms with Crippen molar-refractivity contribution < 1.29 is 27.9 Å². The molecule has 0 radical (unpaired) electrons. The van der Waals surface area contributed by atoms with Gasteiger partial charge in [-0.2, -0.15) is 0 Å². The molecule has 21 heavy (non-hydrogen) atoms. The SMILES string of the molecule is CC(C)(C)OC(=O)NS(=O)(=O)c1ccc(Cl)c(C(=O)O)c1. The topological polar surface area (TPSA) is 110 Å². The van der Waals surface area contributed by atoms with E-state index in [4.69, 9.17) is 21.4 Å². The van der Waals surface area contributed by atoms with Gasteiger partial charge in [0, 0.05) is 0 Å². The minimum Gasteiger partial charge on any atom is -0.478 e. The van der Waals surface area contributed by atoms with Crippen molar-refractivity contribution in [2.24, 2.45) is 0 Å². The average molecular weight is 336 g/mol. The molecular weight excluding hydrogens is 322 g/mol. The summed E-state index contributed by atoms with van der Waals surface area (Å²) < 4.78 is 30.4. The first-order valence-corrected chi connectivity index (χ1v) is 7.57. The number of hydrogen-bond acceptors (Lipinski definition) is 5. The van der Waals surface area contributed by atoms with E-state index >= 15 is 0 Å². The molecule has 0 unspecified atom stereocenters. The summed E-state index contributed by atoms with van der Waals surface area (Å²) in [5.41, 5.74) is -1.25. The Morgan fingerprint density at radius 2 is 1.86 bits per heavy atom. The summed E-state index contributed by atoms with van der Waals surface area (Å²) in [7, 11) is -4.25. The second kappa shape index (κ2) is 5.90. The molecule has 9 heteroatoms. The molecule has 0 spiro atoms. The zero-order chi connectivity index (χ0) is 16.4. The van der Waals surface area contributed by atoms with Gasteiger partial charge in [-0.25, -0.2) is 22.7 Å². The summed E-state index contributed by atoms with van der Waals surface area (Å²) in [5.74, 6) is -1.38. The molecule has 0 bridgehead atoms. The van der Waals surface area contributed by atoms with Crippen LogP contribution in [-0.4, -0.2) is 31.2 Å². The van der Waals surface area contributed by atoms with E-state index in [-0.39, 0.29) is 10.6 Å². The normalized spacial score (nSPS) is 11.8. The van der Waals surface area contributed by atoms with Crippen molar-refractivity contribution >= 4 is 33.7 Å². The Hall–Kier alpha value is -1.80. The highest BCUT2D eigenvalue weighted by atomic mass is 35.5. The van der Waals surface area contributed by atoms with Gasteiger partial charge in [-0.05, 0) is 39.0 Å². The Labute approximate surface area is 126 Å². The number of rotatable bonds is 3. The predicted octanol–water partition coefficient (Wildman–Crippen LogP) is 2.25. The number of hydrogen-bond donors (Lipinski definition) is 2. The largest absolute Gasteiger partial charge is 0.478 e. The number of benzene rings is 1. The van der Waals surface area contributed by atoms with E-state index in [9.17, 15) is 18.0 Å². The molecule has 0 aliphatic heterocycles. The van der Waals surface area contributed by atoms with E-state index in [1.807, 2.05) is 0 Å². The number of carboxylic acids is 1. The molecule has 0 atom stereocenters. The van der Waals surface area contributed by atoms with Crippen LogP contribution in [-0.2, 0) is 14.8 Å². The summed E-state index contributed by atoms with van der Waals surface area (Å²) in [6, 6.07) is 3.06. The number of ether oxygens (including phenoxy) is 1. The molecule has 0 aliphatic carbocycles. The number of carbonyl (C=O) groups is 2. The fraction of sp³-hybridized carbons (Fsp3) is 0.333. The summed E-state index contributed by atoms with van der Waals surface area (Å²) in [4.78, 5) is 22.0. The monoisotopic (exact) mass is 335 g/mol. The summed E-state index contributed by atoms with van der Waals surface area (Å²) in [5, 5.41) is 8.79. The third-order valence-electron chi connectivity index (χ3n) is 2.10. The average Bonchev–Trinajstić information content (AvgIpc) is 2.24. The van der Waals surface area contributed by atoms with Crippen LogP contribution in [0.3, 0.4) is 0 Å². The van der Waals surface area contributed by atoms with Crippen LogP contribution in [0.15, 0.2) is 23.1 Å². The number of nitrogens with one attached hydrogen (secondary N) is 1. The van der Waals surface area contributed by atoms with E-state index < -0.39 is 32.6 Å². The van der Waals surface area contributed by atoms with Crippen LogP contribution in [0, 0.1) is 0 Å². The lowest BCUT2D eigenvalue weighted by atomic mass is 10.2. The van der Waals surface area contributed by atoms with Crippen LogP contribution in [0.2, 0.25) is 5.02 Å². The first-order valence-electron chi connectivity index (χ1n) is 5.71. The summed E-state index contributed by atoms with van der Waals surface area (Å²) in [6.07, 6.45) is -1.16. The molecule has 1 amide bonds. The molecule has 0 aromatic heterocycles. The third kappa shape index (κ3) is 4.91. The number of sulfonamides is 1. The smallest absolute Gasteiger partial charge is 0.421 e. The third-order valence-corrected chi connectivity index (χ3v) is 3.73. The van der Waals surface area contributed by atoms with Gasteiger partial charge in [0.15, 0.2) is 0 Å². The van der Waals surface area contributed by atoms with Gasteiger partial charge in [0.1, 0.15) is 5.60 Å². The lowest BCUT2D eigenvalue weighted by Crippen LogP contribution is -2.36. The van der Waals surface area contributed by atoms with Crippen molar-refractivity contribution in [3.63, 3.8) is 0 Å². The Balaban J connectivity index is 3.07. The number of amides is 1. The minimum absolute atomic E-state index is 0.112. The molecule has 1 aromatic carbocycles. The van der Waals surface area contributed by atoms with Gasteiger partial charge in [-0.1, -0.05) is 11.6 Å². The fourth-order valence-corrected chi connectivity index (χ4v) is 2.40. The molecule has 0 saturated heterocycles. The van der Waals surface area contributed by atoms with Gasteiger partial charge in [0.05, 0.1) is 15.5 Å². The maximum Gasteiger partial charge on any atom is 0.421 e. The molecule has 2 N–H and O–H groups in total. The number of carbonyl (C=O) groups excluding carboxylic acids is 1. The predicted molar refractivity (Wildman–Crippen MR) is 75.0 cm³/mol. The van der Waals surface area contributed by atoms with Crippen molar-refractivity contribution in [2.45, 2.75) is 31.3 Å². The molecule has 0 saturated carbocycles. The summed E-state index contributed by atoms with van der Waals surface area (Å²) in [6.45, 7) is 4.72. The van der Waals surface area contributed by atoms with Crippen molar-refractivity contribution in [3.8, 4) is 0 Å². The number of halogens is 1. The molecule has 7 nitrogen and oxygen atoms in total. The Bertz CT molecular complexity index is 677. The zero-order valence-electron chi connectivity index (χ0n) is 11.5. The van der Waals surface area contributed by atoms with Crippen LogP contribution in [0.1, 0.15) is 31.1 Å². The number of aromatic carboxylic acids is 1. The van der Waals surface area contributed by atoms with E-state index in [0.29, 0.717) is 0 Å². The van der Waals surface area contributed by atoms with Crippen molar-refractivity contribution in [3.05, 3.63) is 28.8 Å². The zero-order valence-corrected chi connectivity index (χ0v) is 13.1. The molecule has 116 valence electrons. The molecule has 1 rings (SSSR count). The van der Waals surface area contributed by atoms with Crippen LogP contribution in [0.5, 0.6) is 0 Å². The van der Waals surface area contributed by atoms with Crippen molar-refractivity contribution in [1.29, 1.82) is 0 Å². The Morgan fingerprint density at radius 3 is 2.33 bits per heavy atom.